The van der Waals surface area contributed by atoms with Crippen molar-refractivity contribution in [1.82, 2.24) is 20.1 Å². The zero-order chi connectivity index (χ0) is 22.6. The average Bonchev–Trinajstić information content (AvgIpc) is 3.54. The van der Waals surface area contributed by atoms with Gasteiger partial charge in [0.05, 0.1) is 11.8 Å². The maximum absolute atomic E-state index is 13.0. The molecule has 0 bridgehead atoms. The van der Waals surface area contributed by atoms with E-state index in [4.69, 9.17) is 0 Å². The van der Waals surface area contributed by atoms with Crippen molar-refractivity contribution in [3.8, 4) is 5.69 Å². The lowest BCUT2D eigenvalue weighted by Gasteiger charge is -2.22. The minimum Gasteiger partial charge on any atom is -0.344 e. The third kappa shape index (κ3) is 5.04. The number of rotatable bonds is 7. The average molecular weight is 475 g/mol. The van der Waals surface area contributed by atoms with Crippen molar-refractivity contribution >= 4 is 29.0 Å². The van der Waals surface area contributed by atoms with Crippen molar-refractivity contribution in [2.45, 2.75) is 43.8 Å². The standard InChI is InChI=1S/C26H26N4OS2/c1-18-8-12-22(13-9-18)30-17-27-29-26(30)33-16-24(31)28-25(23-7-4-14-32-23)21-11-10-19-5-2-3-6-20(19)15-21/h4,7-15,17,25H,2-3,5-6,16H2,1H3,(H,28,31). The van der Waals surface area contributed by atoms with E-state index in [0.717, 1.165) is 29.0 Å². The van der Waals surface area contributed by atoms with E-state index in [9.17, 15) is 4.79 Å². The van der Waals surface area contributed by atoms with Crippen molar-refractivity contribution in [3.63, 3.8) is 0 Å². The van der Waals surface area contributed by atoms with Crippen LogP contribution in [0.25, 0.3) is 5.69 Å². The van der Waals surface area contributed by atoms with Crippen LogP contribution < -0.4 is 5.32 Å². The normalized spacial score (nSPS) is 14.0. The van der Waals surface area contributed by atoms with Gasteiger partial charge in [0.2, 0.25) is 5.91 Å². The molecule has 0 radical (unpaired) electrons. The highest BCUT2D eigenvalue weighted by Crippen LogP contribution is 2.30. The monoisotopic (exact) mass is 474 g/mol. The molecule has 0 aliphatic heterocycles. The number of hydrogen-bond donors (Lipinski definition) is 1. The van der Waals surface area contributed by atoms with Gasteiger partial charge in [-0.15, -0.1) is 21.5 Å². The smallest absolute Gasteiger partial charge is 0.231 e. The highest BCUT2D eigenvalue weighted by Gasteiger charge is 2.21. The number of amides is 1. The number of nitrogens with zero attached hydrogens (tertiary/aromatic N) is 3. The molecule has 5 nitrogen and oxygen atoms in total. The summed E-state index contributed by atoms with van der Waals surface area (Å²) in [6.07, 6.45) is 6.47. The van der Waals surface area contributed by atoms with Crippen molar-refractivity contribution in [1.29, 1.82) is 0 Å². The highest BCUT2D eigenvalue weighted by atomic mass is 32.2. The van der Waals surface area contributed by atoms with Crippen LogP contribution in [0.3, 0.4) is 0 Å². The van der Waals surface area contributed by atoms with Crippen LogP contribution in [0.4, 0.5) is 0 Å². The van der Waals surface area contributed by atoms with E-state index >= 15 is 0 Å². The molecule has 0 saturated heterocycles. The molecule has 0 spiro atoms. The molecule has 4 aromatic rings. The molecular weight excluding hydrogens is 448 g/mol. The Balaban J connectivity index is 1.30. The van der Waals surface area contributed by atoms with Gasteiger partial charge in [0, 0.05) is 10.6 Å². The molecule has 1 N–H and O–H groups in total. The summed E-state index contributed by atoms with van der Waals surface area (Å²) in [6.45, 7) is 2.06. The van der Waals surface area contributed by atoms with Crippen LogP contribution in [0.1, 0.15) is 46.0 Å². The van der Waals surface area contributed by atoms with Crippen LogP contribution in [-0.2, 0) is 17.6 Å². The van der Waals surface area contributed by atoms with Crippen LogP contribution >= 0.6 is 23.1 Å². The first-order valence-electron chi connectivity index (χ1n) is 11.2. The van der Waals surface area contributed by atoms with Gasteiger partial charge in [-0.2, -0.15) is 0 Å². The van der Waals surface area contributed by atoms with Crippen LogP contribution in [0, 0.1) is 6.92 Å². The van der Waals surface area contributed by atoms with E-state index in [1.807, 2.05) is 22.8 Å². The molecule has 1 aliphatic rings. The molecule has 1 atom stereocenters. The first-order chi connectivity index (χ1) is 16.2. The zero-order valence-corrected chi connectivity index (χ0v) is 20.2. The number of carbonyl (C=O) groups is 1. The second-order valence-corrected chi connectivity index (χ2v) is 10.3. The number of thioether (sulfide) groups is 1. The number of nitrogens with one attached hydrogen (secondary N) is 1. The molecule has 1 aliphatic carbocycles. The van der Waals surface area contributed by atoms with Gasteiger partial charge in [0.1, 0.15) is 6.33 Å². The third-order valence-electron chi connectivity index (χ3n) is 6.00. The summed E-state index contributed by atoms with van der Waals surface area (Å²) >= 11 is 3.07. The Morgan fingerprint density at radius 1 is 1.12 bits per heavy atom. The quantitative estimate of drug-likeness (QED) is 0.359. The summed E-state index contributed by atoms with van der Waals surface area (Å²) in [6, 6.07) is 18.9. The van der Waals surface area contributed by atoms with Crippen molar-refractivity contribution in [2.24, 2.45) is 0 Å². The number of benzene rings is 2. The molecule has 5 rings (SSSR count). The molecule has 33 heavy (non-hydrogen) atoms. The second kappa shape index (κ2) is 9.93. The molecule has 2 heterocycles. The van der Waals surface area contributed by atoms with Crippen molar-refractivity contribution in [2.75, 3.05) is 5.75 Å². The maximum atomic E-state index is 13.0. The van der Waals surface area contributed by atoms with Crippen LogP contribution in [-0.4, -0.2) is 26.4 Å². The number of aromatic nitrogens is 3. The topological polar surface area (TPSA) is 59.8 Å². The summed E-state index contributed by atoms with van der Waals surface area (Å²) in [5.74, 6) is 0.256. The van der Waals surface area contributed by atoms with Gasteiger partial charge in [-0.05, 0) is 72.9 Å². The van der Waals surface area contributed by atoms with Gasteiger partial charge in [0.25, 0.3) is 0 Å². The molecule has 2 aromatic carbocycles. The van der Waals surface area contributed by atoms with Crippen LogP contribution in [0.2, 0.25) is 0 Å². The molecule has 0 saturated carbocycles. The van der Waals surface area contributed by atoms with E-state index in [0.29, 0.717) is 5.16 Å². The largest absolute Gasteiger partial charge is 0.344 e. The predicted octanol–water partition coefficient (Wildman–Crippen LogP) is 5.51. The molecule has 0 fully saturated rings. The number of aryl methyl sites for hydroxylation is 3. The summed E-state index contributed by atoms with van der Waals surface area (Å²) in [5, 5.41) is 14.3. The Hall–Kier alpha value is -2.90. The summed E-state index contributed by atoms with van der Waals surface area (Å²) < 4.78 is 1.91. The van der Waals surface area contributed by atoms with Gasteiger partial charge in [-0.3, -0.25) is 9.36 Å². The summed E-state index contributed by atoms with van der Waals surface area (Å²) in [4.78, 5) is 14.2. The SMILES string of the molecule is Cc1ccc(-n2cnnc2SCC(=O)NC(c2ccc3c(c2)CCCC3)c2cccs2)cc1. The van der Waals surface area contributed by atoms with Gasteiger partial charge < -0.3 is 5.32 Å². The van der Waals surface area contributed by atoms with Crippen molar-refractivity contribution < 1.29 is 4.79 Å². The number of fused-ring (bicyclic) bond motifs is 1. The minimum absolute atomic E-state index is 0.0189. The Kier molecular flexibility index (Phi) is 6.60. The molecule has 1 amide bonds. The van der Waals surface area contributed by atoms with Crippen molar-refractivity contribution in [3.05, 3.63) is 93.4 Å². The van der Waals surface area contributed by atoms with Gasteiger partial charge in [-0.1, -0.05) is 53.7 Å². The van der Waals surface area contributed by atoms with Crippen LogP contribution in [0.5, 0.6) is 0 Å². The Bertz CT molecular complexity index is 1230. The fraction of sp³-hybridized carbons (Fsp3) is 0.269. The molecular formula is C26H26N4OS2. The lowest BCUT2D eigenvalue weighted by Crippen LogP contribution is -2.30. The third-order valence-corrected chi connectivity index (χ3v) is 7.88. The van der Waals surface area contributed by atoms with E-state index in [2.05, 4.69) is 64.2 Å². The van der Waals surface area contributed by atoms with E-state index < -0.39 is 0 Å². The van der Waals surface area contributed by atoms with Gasteiger partial charge in [-0.25, -0.2) is 0 Å². The number of carbonyl (C=O) groups excluding carboxylic acids is 1. The molecule has 2 aromatic heterocycles. The minimum atomic E-state index is -0.139. The van der Waals surface area contributed by atoms with Gasteiger partial charge in [0.15, 0.2) is 5.16 Å². The summed E-state index contributed by atoms with van der Waals surface area (Å²) in [5.41, 5.74) is 6.21. The Morgan fingerprint density at radius 3 is 2.73 bits per heavy atom. The van der Waals surface area contributed by atoms with E-state index in [-0.39, 0.29) is 17.7 Å². The molecule has 7 heteroatoms. The first kappa shape index (κ1) is 21.9. The lowest BCUT2D eigenvalue weighted by molar-refractivity contribution is -0.119. The molecule has 1 unspecified atom stereocenters. The summed E-state index contributed by atoms with van der Waals surface area (Å²) in [7, 11) is 0. The lowest BCUT2D eigenvalue weighted by atomic mass is 9.89. The fourth-order valence-electron chi connectivity index (χ4n) is 4.25. The molecule has 168 valence electrons. The highest BCUT2D eigenvalue weighted by molar-refractivity contribution is 7.99. The first-order valence-corrected chi connectivity index (χ1v) is 13.1. The number of hydrogen-bond acceptors (Lipinski definition) is 5. The van der Waals surface area contributed by atoms with E-state index in [1.54, 1.807) is 17.7 Å². The maximum Gasteiger partial charge on any atom is 0.231 e. The predicted molar refractivity (Wildman–Crippen MR) is 134 cm³/mol. The van der Waals surface area contributed by atoms with E-state index in [1.165, 1.54) is 41.3 Å². The Morgan fingerprint density at radius 2 is 1.94 bits per heavy atom. The zero-order valence-electron chi connectivity index (χ0n) is 18.5. The number of thiophene rings is 1. The van der Waals surface area contributed by atoms with Crippen LogP contribution in [0.15, 0.2) is 71.5 Å². The fourth-order valence-corrected chi connectivity index (χ4v) is 5.79. The Labute approximate surface area is 202 Å². The van der Waals surface area contributed by atoms with Gasteiger partial charge >= 0.3 is 0 Å². The second-order valence-electron chi connectivity index (χ2n) is 8.36.